The van der Waals surface area contributed by atoms with Gasteiger partial charge in [-0.1, -0.05) is 66.6 Å². The van der Waals surface area contributed by atoms with E-state index in [0.717, 1.165) is 23.1 Å². The largest absolute Gasteiger partial charge is 0.352 e. The normalized spacial score (nSPS) is 12.9. The third kappa shape index (κ3) is 6.90. The summed E-state index contributed by atoms with van der Waals surface area (Å²) in [6.45, 7) is 8.21. The first kappa shape index (κ1) is 23.0. The average Bonchev–Trinajstić information content (AvgIpc) is 2.71. The minimum atomic E-state index is -0.552. The lowest BCUT2D eigenvalue weighted by Gasteiger charge is -2.30. The minimum Gasteiger partial charge on any atom is -0.352 e. The molecule has 2 rings (SSSR count). The van der Waals surface area contributed by atoms with Gasteiger partial charge in [-0.25, -0.2) is 0 Å². The summed E-state index contributed by atoms with van der Waals surface area (Å²) in [5, 5.41) is 3.65. The van der Waals surface area contributed by atoms with Crippen molar-refractivity contribution in [3.05, 3.63) is 70.2 Å². The molecule has 0 bridgehead atoms. The molecule has 1 N–H and O–H groups in total. The summed E-state index contributed by atoms with van der Waals surface area (Å²) in [6, 6.07) is 15.1. The number of hydrogen-bond acceptors (Lipinski definition) is 2. The Hall–Kier alpha value is -2.33. The molecule has 5 heteroatoms. The summed E-state index contributed by atoms with van der Waals surface area (Å²) in [4.78, 5) is 27.5. The van der Waals surface area contributed by atoms with Crippen molar-refractivity contribution in [1.82, 2.24) is 10.2 Å². The third-order valence-electron chi connectivity index (χ3n) is 5.21. The van der Waals surface area contributed by atoms with E-state index in [4.69, 9.17) is 11.6 Å². The predicted octanol–water partition coefficient (Wildman–Crippen LogP) is 4.91. The molecule has 0 radical (unpaired) electrons. The van der Waals surface area contributed by atoms with Crippen molar-refractivity contribution in [2.45, 2.75) is 65.6 Å². The Kier molecular flexibility index (Phi) is 8.71. The molecule has 0 spiro atoms. The number of nitrogens with one attached hydrogen (secondary N) is 1. The molecule has 2 aromatic carbocycles. The smallest absolute Gasteiger partial charge is 0.242 e. The topological polar surface area (TPSA) is 49.4 Å². The number of amides is 2. The lowest BCUT2D eigenvalue weighted by atomic mass is 10.1. The van der Waals surface area contributed by atoms with Crippen molar-refractivity contribution >= 4 is 23.4 Å². The maximum atomic E-state index is 13.1. The SMILES string of the molecule is CCC(C)NC(=O)C(C)N(Cc1ccc(C)cc1)C(=O)CCc1ccccc1Cl. The van der Waals surface area contributed by atoms with Gasteiger partial charge in [0.05, 0.1) is 0 Å². The zero-order valence-electron chi connectivity index (χ0n) is 17.7. The molecule has 156 valence electrons. The molecule has 29 heavy (non-hydrogen) atoms. The summed E-state index contributed by atoms with van der Waals surface area (Å²) in [6.07, 6.45) is 1.69. The number of carbonyl (C=O) groups excluding carboxylic acids is 2. The molecule has 0 fully saturated rings. The van der Waals surface area contributed by atoms with Gasteiger partial charge in [-0.3, -0.25) is 9.59 Å². The van der Waals surface area contributed by atoms with Gasteiger partial charge in [0.25, 0.3) is 0 Å². The Morgan fingerprint density at radius 2 is 1.72 bits per heavy atom. The van der Waals surface area contributed by atoms with Gasteiger partial charge in [-0.2, -0.15) is 0 Å². The number of carbonyl (C=O) groups is 2. The third-order valence-corrected chi connectivity index (χ3v) is 5.58. The Bertz CT molecular complexity index is 820. The van der Waals surface area contributed by atoms with E-state index in [2.05, 4.69) is 5.32 Å². The molecular formula is C24H31ClN2O2. The van der Waals surface area contributed by atoms with Gasteiger partial charge in [-0.05, 0) is 50.8 Å². The fourth-order valence-electron chi connectivity index (χ4n) is 3.02. The first-order chi connectivity index (χ1) is 13.8. The maximum Gasteiger partial charge on any atom is 0.242 e. The van der Waals surface area contributed by atoms with Crippen molar-refractivity contribution < 1.29 is 9.59 Å². The molecule has 0 aliphatic carbocycles. The van der Waals surface area contributed by atoms with Gasteiger partial charge in [0.2, 0.25) is 11.8 Å². The van der Waals surface area contributed by atoms with Gasteiger partial charge >= 0.3 is 0 Å². The van der Waals surface area contributed by atoms with E-state index in [0.29, 0.717) is 24.4 Å². The monoisotopic (exact) mass is 414 g/mol. The van der Waals surface area contributed by atoms with Crippen LogP contribution < -0.4 is 5.32 Å². The van der Waals surface area contributed by atoms with Gasteiger partial charge in [0.15, 0.2) is 0 Å². The van der Waals surface area contributed by atoms with E-state index in [9.17, 15) is 9.59 Å². The van der Waals surface area contributed by atoms with Crippen LogP contribution in [0.25, 0.3) is 0 Å². The average molecular weight is 415 g/mol. The maximum absolute atomic E-state index is 13.1. The summed E-state index contributed by atoms with van der Waals surface area (Å²) < 4.78 is 0. The molecule has 2 aromatic rings. The van der Waals surface area contributed by atoms with Crippen LogP contribution in [0.15, 0.2) is 48.5 Å². The molecule has 0 saturated heterocycles. The predicted molar refractivity (Wildman–Crippen MR) is 119 cm³/mol. The molecule has 0 aliphatic heterocycles. The number of benzene rings is 2. The fourth-order valence-corrected chi connectivity index (χ4v) is 3.25. The van der Waals surface area contributed by atoms with Crippen molar-refractivity contribution in [1.29, 1.82) is 0 Å². The van der Waals surface area contributed by atoms with Crippen molar-refractivity contribution in [3.63, 3.8) is 0 Å². The first-order valence-corrected chi connectivity index (χ1v) is 10.6. The zero-order valence-corrected chi connectivity index (χ0v) is 18.5. The van der Waals surface area contributed by atoms with Gasteiger partial charge in [0.1, 0.15) is 6.04 Å². The highest BCUT2D eigenvalue weighted by molar-refractivity contribution is 6.31. The molecule has 0 aliphatic rings. The van der Waals surface area contributed by atoms with Crippen LogP contribution in [0.4, 0.5) is 0 Å². The van der Waals surface area contributed by atoms with Crippen LogP contribution in [0.1, 0.15) is 50.3 Å². The van der Waals surface area contributed by atoms with E-state index in [1.807, 2.05) is 69.3 Å². The number of aryl methyl sites for hydroxylation is 2. The van der Waals surface area contributed by atoms with E-state index in [1.165, 1.54) is 0 Å². The molecule has 4 nitrogen and oxygen atoms in total. The van der Waals surface area contributed by atoms with Gasteiger partial charge in [0, 0.05) is 24.0 Å². The van der Waals surface area contributed by atoms with E-state index in [1.54, 1.807) is 11.8 Å². The standard InChI is InChI=1S/C24H31ClN2O2/c1-5-18(3)26-24(29)19(4)27(16-20-12-10-17(2)11-13-20)23(28)15-14-21-8-6-7-9-22(21)25/h6-13,18-19H,5,14-16H2,1-4H3,(H,26,29). The number of hydrogen-bond donors (Lipinski definition) is 1. The van der Waals surface area contributed by atoms with Crippen LogP contribution in [0.5, 0.6) is 0 Å². The molecule has 0 aromatic heterocycles. The van der Waals surface area contributed by atoms with Crippen LogP contribution in [0.3, 0.4) is 0 Å². The summed E-state index contributed by atoms with van der Waals surface area (Å²) in [5.74, 6) is -0.185. The second-order valence-electron chi connectivity index (χ2n) is 7.59. The van der Waals surface area contributed by atoms with Crippen LogP contribution in [0, 0.1) is 6.92 Å². The fraction of sp³-hybridized carbons (Fsp3) is 0.417. The molecule has 0 saturated carbocycles. The van der Waals surface area contributed by atoms with Crippen molar-refractivity contribution in [2.24, 2.45) is 0 Å². The lowest BCUT2D eigenvalue weighted by Crippen LogP contribution is -2.49. The highest BCUT2D eigenvalue weighted by atomic mass is 35.5. The number of rotatable bonds is 9. The Morgan fingerprint density at radius 1 is 1.07 bits per heavy atom. The lowest BCUT2D eigenvalue weighted by molar-refractivity contribution is -0.140. The number of halogens is 1. The molecule has 2 atom stereocenters. The molecule has 0 heterocycles. The first-order valence-electron chi connectivity index (χ1n) is 10.2. The van der Waals surface area contributed by atoms with Gasteiger partial charge < -0.3 is 10.2 Å². The van der Waals surface area contributed by atoms with Crippen LogP contribution in [0.2, 0.25) is 5.02 Å². The van der Waals surface area contributed by atoms with Gasteiger partial charge in [-0.15, -0.1) is 0 Å². The second kappa shape index (κ2) is 11.0. The highest BCUT2D eigenvalue weighted by Crippen LogP contribution is 2.18. The molecule has 2 unspecified atom stereocenters. The Labute approximate surface area is 179 Å². The summed E-state index contributed by atoms with van der Waals surface area (Å²) in [7, 11) is 0. The quantitative estimate of drug-likeness (QED) is 0.633. The molecular weight excluding hydrogens is 384 g/mol. The van der Waals surface area contributed by atoms with Crippen LogP contribution in [-0.4, -0.2) is 28.8 Å². The Balaban J connectivity index is 2.15. The highest BCUT2D eigenvalue weighted by Gasteiger charge is 2.26. The minimum absolute atomic E-state index is 0.0581. The van der Waals surface area contributed by atoms with E-state index >= 15 is 0 Å². The summed E-state index contributed by atoms with van der Waals surface area (Å²) in [5.41, 5.74) is 3.10. The van der Waals surface area contributed by atoms with Crippen molar-refractivity contribution in [2.75, 3.05) is 0 Å². The van der Waals surface area contributed by atoms with E-state index in [-0.39, 0.29) is 17.9 Å². The van der Waals surface area contributed by atoms with E-state index < -0.39 is 6.04 Å². The van der Waals surface area contributed by atoms with Crippen LogP contribution in [-0.2, 0) is 22.6 Å². The Morgan fingerprint density at radius 3 is 2.34 bits per heavy atom. The second-order valence-corrected chi connectivity index (χ2v) is 8.00. The summed E-state index contributed by atoms with van der Waals surface area (Å²) >= 11 is 6.23. The zero-order chi connectivity index (χ0) is 21.4. The van der Waals surface area contributed by atoms with Crippen molar-refractivity contribution in [3.8, 4) is 0 Å². The number of nitrogens with zero attached hydrogens (tertiary/aromatic N) is 1. The van der Waals surface area contributed by atoms with Crippen LogP contribution >= 0.6 is 11.6 Å². The molecule has 2 amide bonds.